The molecular formula is C18H22N4O2. The number of methoxy groups -OCH3 is 1. The Morgan fingerprint density at radius 2 is 2.17 bits per heavy atom. The summed E-state index contributed by atoms with van der Waals surface area (Å²) >= 11 is 0. The van der Waals surface area contributed by atoms with E-state index >= 15 is 0 Å². The lowest BCUT2D eigenvalue weighted by molar-refractivity contribution is -0.232. The first-order chi connectivity index (χ1) is 11.5. The summed E-state index contributed by atoms with van der Waals surface area (Å²) in [7, 11) is 3.56. The van der Waals surface area contributed by atoms with Crippen LogP contribution in [0.25, 0.3) is 0 Å². The van der Waals surface area contributed by atoms with Gasteiger partial charge in [0.25, 0.3) is 0 Å². The molecule has 0 saturated heterocycles. The Morgan fingerprint density at radius 3 is 2.75 bits per heavy atom. The second-order valence-electron chi connectivity index (χ2n) is 7.08. The number of benzene rings is 1. The Morgan fingerprint density at radius 1 is 1.42 bits per heavy atom. The lowest BCUT2D eigenvalue weighted by Gasteiger charge is -2.45. The minimum atomic E-state index is -0.813. The maximum Gasteiger partial charge on any atom is 0.220 e. The largest absolute Gasteiger partial charge is 0.381 e. The SMILES string of the molecule is COC1CCC2(CC1)Cc1ccc(C#N)cc1C21N=C(N)N(C)O1. The smallest absolute Gasteiger partial charge is 0.220 e. The first-order valence-corrected chi connectivity index (χ1v) is 8.38. The van der Waals surface area contributed by atoms with Crippen LogP contribution in [0.5, 0.6) is 0 Å². The fourth-order valence-electron chi connectivity index (χ4n) is 4.60. The average molecular weight is 326 g/mol. The van der Waals surface area contributed by atoms with E-state index in [-0.39, 0.29) is 5.41 Å². The number of hydrogen-bond donors (Lipinski definition) is 1. The molecule has 126 valence electrons. The summed E-state index contributed by atoms with van der Waals surface area (Å²) < 4.78 is 5.55. The van der Waals surface area contributed by atoms with E-state index in [9.17, 15) is 5.26 Å². The summed E-state index contributed by atoms with van der Waals surface area (Å²) in [6.45, 7) is 0. The zero-order valence-corrected chi connectivity index (χ0v) is 14.1. The zero-order valence-electron chi connectivity index (χ0n) is 14.1. The van der Waals surface area contributed by atoms with Gasteiger partial charge in [-0.25, -0.2) is 14.9 Å². The number of rotatable bonds is 1. The van der Waals surface area contributed by atoms with Crippen molar-refractivity contribution in [2.75, 3.05) is 14.2 Å². The van der Waals surface area contributed by atoms with Crippen LogP contribution in [0.3, 0.4) is 0 Å². The molecular weight excluding hydrogens is 304 g/mol. The highest BCUT2D eigenvalue weighted by molar-refractivity contribution is 5.79. The van der Waals surface area contributed by atoms with E-state index in [1.54, 1.807) is 19.2 Å². The highest BCUT2D eigenvalue weighted by atomic mass is 16.7. The van der Waals surface area contributed by atoms with Crippen molar-refractivity contribution in [3.8, 4) is 6.07 Å². The number of nitriles is 1. The lowest BCUT2D eigenvalue weighted by atomic mass is 9.66. The van der Waals surface area contributed by atoms with Crippen molar-refractivity contribution in [2.24, 2.45) is 16.1 Å². The van der Waals surface area contributed by atoms with Gasteiger partial charge < -0.3 is 10.5 Å². The zero-order chi connectivity index (χ0) is 16.9. The summed E-state index contributed by atoms with van der Waals surface area (Å²) in [5, 5.41) is 10.8. The lowest BCUT2D eigenvalue weighted by Crippen LogP contribution is -2.46. The predicted molar refractivity (Wildman–Crippen MR) is 88.7 cm³/mol. The van der Waals surface area contributed by atoms with Gasteiger partial charge in [0.15, 0.2) is 0 Å². The molecule has 1 saturated carbocycles. The first-order valence-electron chi connectivity index (χ1n) is 8.38. The fourth-order valence-corrected chi connectivity index (χ4v) is 4.60. The average Bonchev–Trinajstić information content (AvgIpc) is 3.04. The topological polar surface area (TPSA) is 83.9 Å². The van der Waals surface area contributed by atoms with Crippen molar-refractivity contribution in [1.82, 2.24) is 5.06 Å². The maximum atomic E-state index is 9.29. The van der Waals surface area contributed by atoms with E-state index in [0.29, 0.717) is 17.6 Å². The molecule has 1 heterocycles. The van der Waals surface area contributed by atoms with E-state index < -0.39 is 5.72 Å². The van der Waals surface area contributed by atoms with Crippen LogP contribution in [0.15, 0.2) is 23.2 Å². The molecule has 3 aliphatic rings. The van der Waals surface area contributed by atoms with Crippen LogP contribution in [-0.2, 0) is 21.7 Å². The molecule has 0 bridgehead atoms. The third kappa shape index (κ3) is 1.92. The molecule has 2 aliphatic carbocycles. The molecule has 6 nitrogen and oxygen atoms in total. The van der Waals surface area contributed by atoms with Crippen molar-refractivity contribution in [2.45, 2.75) is 43.9 Å². The first kappa shape index (κ1) is 15.4. The minimum Gasteiger partial charge on any atom is -0.381 e. The van der Waals surface area contributed by atoms with Gasteiger partial charge in [-0.05, 0) is 49.8 Å². The molecule has 1 fully saturated rings. The molecule has 1 aromatic rings. The van der Waals surface area contributed by atoms with E-state index in [1.165, 1.54) is 5.56 Å². The minimum absolute atomic E-state index is 0.131. The predicted octanol–water partition coefficient (Wildman–Crippen LogP) is 2.03. The molecule has 1 aromatic carbocycles. The molecule has 24 heavy (non-hydrogen) atoms. The van der Waals surface area contributed by atoms with Crippen LogP contribution in [0, 0.1) is 16.7 Å². The normalized spacial score (nSPS) is 34.5. The highest BCUT2D eigenvalue weighted by Crippen LogP contribution is 2.61. The van der Waals surface area contributed by atoms with Crippen LogP contribution in [0.1, 0.15) is 42.4 Å². The molecule has 1 unspecified atom stereocenters. The summed E-state index contributed by atoms with van der Waals surface area (Å²) in [4.78, 5) is 11.1. The van der Waals surface area contributed by atoms with Crippen LogP contribution >= 0.6 is 0 Å². The van der Waals surface area contributed by atoms with Crippen LogP contribution in [0.2, 0.25) is 0 Å². The third-order valence-electron chi connectivity index (χ3n) is 5.94. The number of guanidine groups is 1. The summed E-state index contributed by atoms with van der Waals surface area (Å²) in [5.41, 5.74) is 7.94. The number of aliphatic imine (C=N–C) groups is 1. The van der Waals surface area contributed by atoms with E-state index in [4.69, 9.17) is 20.3 Å². The number of hydroxylamine groups is 2. The number of nitrogens with two attached hydrogens (primary N) is 1. The molecule has 1 atom stereocenters. The molecule has 2 spiro atoms. The van der Waals surface area contributed by atoms with E-state index in [1.807, 2.05) is 18.2 Å². The monoisotopic (exact) mass is 326 g/mol. The Labute approximate surface area is 141 Å². The number of ether oxygens (including phenoxy) is 1. The van der Waals surface area contributed by atoms with Crippen molar-refractivity contribution >= 4 is 5.96 Å². The second-order valence-corrected chi connectivity index (χ2v) is 7.08. The van der Waals surface area contributed by atoms with Crippen molar-refractivity contribution < 1.29 is 9.57 Å². The Hall–Kier alpha value is -2.10. The third-order valence-corrected chi connectivity index (χ3v) is 5.94. The number of nitrogens with zero attached hydrogens (tertiary/aromatic N) is 3. The van der Waals surface area contributed by atoms with Gasteiger partial charge in [0, 0.05) is 25.1 Å². The van der Waals surface area contributed by atoms with Crippen LogP contribution in [0.4, 0.5) is 0 Å². The number of fused-ring (bicyclic) bond motifs is 3. The molecule has 1 aliphatic heterocycles. The second kappa shape index (κ2) is 5.20. The molecule has 2 N–H and O–H groups in total. The molecule has 0 radical (unpaired) electrons. The van der Waals surface area contributed by atoms with Crippen molar-refractivity contribution in [3.05, 3.63) is 34.9 Å². The van der Waals surface area contributed by atoms with Gasteiger partial charge in [-0.15, -0.1) is 0 Å². The van der Waals surface area contributed by atoms with Crippen molar-refractivity contribution in [1.29, 1.82) is 5.26 Å². The van der Waals surface area contributed by atoms with E-state index in [0.717, 1.165) is 37.7 Å². The molecule has 0 aromatic heterocycles. The fraction of sp³-hybridized carbons (Fsp3) is 0.556. The van der Waals surface area contributed by atoms with Gasteiger partial charge in [0.2, 0.25) is 11.7 Å². The Bertz CT molecular complexity index is 746. The van der Waals surface area contributed by atoms with Gasteiger partial charge in [0.05, 0.1) is 17.7 Å². The van der Waals surface area contributed by atoms with Crippen molar-refractivity contribution in [3.63, 3.8) is 0 Å². The van der Waals surface area contributed by atoms with Gasteiger partial charge in [-0.1, -0.05) is 6.07 Å². The summed E-state index contributed by atoms with van der Waals surface area (Å²) in [6.07, 6.45) is 5.10. The quantitative estimate of drug-likeness (QED) is 0.854. The van der Waals surface area contributed by atoms with E-state index in [2.05, 4.69) is 6.07 Å². The highest BCUT2D eigenvalue weighted by Gasteiger charge is 2.63. The van der Waals surface area contributed by atoms with Crippen LogP contribution < -0.4 is 5.73 Å². The number of hydrogen-bond acceptors (Lipinski definition) is 6. The standard InChI is InChI=1S/C18H22N4O2/c1-22-16(20)21-18(24-22)15-9-12(11-19)3-4-13(15)10-17(18)7-5-14(23-2)6-8-17/h3-4,9,14H,5-8,10H2,1-2H3,(H2,20,21). The van der Waals surface area contributed by atoms with Gasteiger partial charge in [-0.2, -0.15) is 5.26 Å². The molecule has 0 amide bonds. The maximum absolute atomic E-state index is 9.29. The molecule has 6 heteroatoms. The Balaban J connectivity index is 1.84. The summed E-state index contributed by atoms with van der Waals surface area (Å²) in [6, 6.07) is 8.06. The van der Waals surface area contributed by atoms with Gasteiger partial charge in [-0.3, -0.25) is 0 Å². The van der Waals surface area contributed by atoms with Gasteiger partial charge >= 0.3 is 0 Å². The van der Waals surface area contributed by atoms with Crippen LogP contribution in [-0.4, -0.2) is 31.3 Å². The summed E-state index contributed by atoms with van der Waals surface area (Å²) in [5.74, 6) is 0.387. The van der Waals surface area contributed by atoms with Gasteiger partial charge in [0.1, 0.15) is 0 Å². The molecule has 4 rings (SSSR count). The Kier molecular flexibility index (Phi) is 3.34.